The van der Waals surface area contributed by atoms with Crippen LogP contribution in [-0.4, -0.2) is 59.1 Å². The molecule has 27 heavy (non-hydrogen) atoms. The lowest BCUT2D eigenvalue weighted by atomic mass is 10.00. The van der Waals surface area contributed by atoms with E-state index in [4.69, 9.17) is 16.3 Å². The number of carbonyl (C=O) groups is 1. The summed E-state index contributed by atoms with van der Waals surface area (Å²) in [5.41, 5.74) is 0.389. The molecule has 1 aliphatic heterocycles. The Morgan fingerprint density at radius 2 is 2.22 bits per heavy atom. The normalized spacial score (nSPS) is 16.9. The van der Waals surface area contributed by atoms with Gasteiger partial charge in [0, 0.05) is 25.2 Å². The number of piperidine rings is 1. The Labute approximate surface area is 164 Å². The van der Waals surface area contributed by atoms with Crippen LogP contribution in [0.4, 0.5) is 0 Å². The molecule has 0 radical (unpaired) electrons. The minimum atomic E-state index is -0.116. The van der Waals surface area contributed by atoms with Crippen molar-refractivity contribution in [1.29, 1.82) is 0 Å². The van der Waals surface area contributed by atoms with Crippen molar-refractivity contribution in [2.75, 3.05) is 33.3 Å². The first-order chi connectivity index (χ1) is 13.1. The number of hydrogen-bond acceptors (Lipinski definition) is 5. The number of hydrogen-bond donors (Lipinski definition) is 1. The average molecular weight is 392 g/mol. The van der Waals surface area contributed by atoms with E-state index < -0.39 is 0 Å². The summed E-state index contributed by atoms with van der Waals surface area (Å²) in [4.78, 5) is 14.1. The molecule has 0 spiro atoms. The number of ether oxygens (including phenoxy) is 1. The molecule has 1 N–H and O–H groups in total. The van der Waals surface area contributed by atoms with Gasteiger partial charge >= 0.3 is 0 Å². The van der Waals surface area contributed by atoms with E-state index in [0.717, 1.165) is 31.8 Å². The third-order valence-corrected chi connectivity index (χ3v) is 4.92. The van der Waals surface area contributed by atoms with E-state index in [1.807, 2.05) is 12.1 Å². The van der Waals surface area contributed by atoms with Crippen LogP contribution in [0.1, 0.15) is 29.8 Å². The van der Waals surface area contributed by atoms with Crippen LogP contribution in [0.3, 0.4) is 0 Å². The quantitative estimate of drug-likeness (QED) is 0.700. The van der Waals surface area contributed by atoms with E-state index in [1.54, 1.807) is 35.0 Å². The van der Waals surface area contributed by atoms with E-state index in [0.29, 0.717) is 29.8 Å². The van der Waals surface area contributed by atoms with Crippen molar-refractivity contribution in [3.8, 4) is 5.75 Å². The largest absolute Gasteiger partial charge is 0.494 e. The van der Waals surface area contributed by atoms with Crippen molar-refractivity contribution in [2.24, 2.45) is 5.92 Å². The van der Waals surface area contributed by atoms with Gasteiger partial charge in [0.15, 0.2) is 5.69 Å². The van der Waals surface area contributed by atoms with Crippen LogP contribution in [0.5, 0.6) is 5.75 Å². The van der Waals surface area contributed by atoms with Crippen LogP contribution in [0.25, 0.3) is 0 Å². The summed E-state index contributed by atoms with van der Waals surface area (Å²) in [6, 6.07) is 7.24. The maximum absolute atomic E-state index is 12.5. The van der Waals surface area contributed by atoms with Gasteiger partial charge in [-0.15, -0.1) is 5.10 Å². The highest BCUT2D eigenvalue weighted by Crippen LogP contribution is 2.16. The van der Waals surface area contributed by atoms with Crippen LogP contribution < -0.4 is 10.1 Å². The lowest BCUT2D eigenvalue weighted by Gasteiger charge is -2.22. The molecular weight excluding hydrogens is 366 g/mol. The number of halogens is 1. The van der Waals surface area contributed by atoms with Crippen LogP contribution in [0.15, 0.2) is 30.5 Å². The van der Waals surface area contributed by atoms with Gasteiger partial charge in [0.1, 0.15) is 5.75 Å². The molecule has 1 aromatic heterocycles. The Morgan fingerprint density at radius 1 is 1.41 bits per heavy atom. The highest BCUT2D eigenvalue weighted by molar-refractivity contribution is 6.30. The molecule has 3 rings (SSSR count). The average Bonchev–Trinajstić information content (AvgIpc) is 3.15. The second-order valence-corrected chi connectivity index (χ2v) is 7.36. The molecule has 1 saturated heterocycles. The van der Waals surface area contributed by atoms with Crippen molar-refractivity contribution in [3.63, 3.8) is 0 Å². The predicted molar refractivity (Wildman–Crippen MR) is 104 cm³/mol. The molecule has 146 valence electrons. The Morgan fingerprint density at radius 3 is 2.96 bits per heavy atom. The summed E-state index contributed by atoms with van der Waals surface area (Å²) < 4.78 is 7.43. The smallest absolute Gasteiger partial charge is 0.275 e. The van der Waals surface area contributed by atoms with Crippen molar-refractivity contribution in [3.05, 3.63) is 41.2 Å². The fraction of sp³-hybridized carbons (Fsp3) is 0.526. The Kier molecular flexibility index (Phi) is 7.06. The molecule has 0 bridgehead atoms. The van der Waals surface area contributed by atoms with Crippen LogP contribution in [0.2, 0.25) is 5.02 Å². The summed E-state index contributed by atoms with van der Waals surface area (Å²) in [6.07, 6.45) is 4.85. The van der Waals surface area contributed by atoms with E-state index in [9.17, 15) is 4.79 Å². The third kappa shape index (κ3) is 5.94. The first-order valence-electron chi connectivity index (χ1n) is 9.36. The number of aromatic nitrogens is 3. The van der Waals surface area contributed by atoms with Crippen LogP contribution in [0, 0.1) is 5.92 Å². The predicted octanol–water partition coefficient (Wildman–Crippen LogP) is 2.47. The van der Waals surface area contributed by atoms with E-state index >= 15 is 0 Å². The van der Waals surface area contributed by atoms with Gasteiger partial charge in [-0.05, 0) is 62.5 Å². The highest BCUT2D eigenvalue weighted by atomic mass is 35.5. The summed E-state index contributed by atoms with van der Waals surface area (Å²) in [7, 11) is 1.77. The van der Waals surface area contributed by atoms with Gasteiger partial charge in [0.05, 0.1) is 12.8 Å². The van der Waals surface area contributed by atoms with Gasteiger partial charge in [-0.25, -0.2) is 0 Å². The molecule has 2 heterocycles. The van der Waals surface area contributed by atoms with E-state index in [1.165, 1.54) is 12.8 Å². The SMILES string of the molecule is CN(CCCOc1ccc(Cl)cc1)C(=O)c1cn(C[C@H]2CCCNC2)nn1. The number of nitrogens with one attached hydrogen (secondary N) is 1. The summed E-state index contributed by atoms with van der Waals surface area (Å²) in [6.45, 7) is 4.00. The van der Waals surface area contributed by atoms with Gasteiger partial charge in [-0.1, -0.05) is 16.8 Å². The molecular formula is C19H26ClN5O2. The van der Waals surface area contributed by atoms with Gasteiger partial charge < -0.3 is 15.0 Å². The zero-order valence-electron chi connectivity index (χ0n) is 15.6. The number of rotatable bonds is 8. The van der Waals surface area contributed by atoms with E-state index in [-0.39, 0.29) is 5.91 Å². The van der Waals surface area contributed by atoms with Gasteiger partial charge in [-0.3, -0.25) is 9.48 Å². The maximum atomic E-state index is 12.5. The molecule has 8 heteroatoms. The molecule has 7 nitrogen and oxygen atoms in total. The summed E-state index contributed by atoms with van der Waals surface area (Å²) in [5, 5.41) is 12.2. The lowest BCUT2D eigenvalue weighted by Crippen LogP contribution is -2.32. The molecule has 1 aromatic carbocycles. The topological polar surface area (TPSA) is 72.3 Å². The fourth-order valence-electron chi connectivity index (χ4n) is 3.15. The minimum Gasteiger partial charge on any atom is -0.494 e. The molecule has 1 aliphatic rings. The lowest BCUT2D eigenvalue weighted by molar-refractivity contribution is 0.0782. The molecule has 2 aromatic rings. The first-order valence-corrected chi connectivity index (χ1v) is 9.74. The Balaban J connectivity index is 1.41. The first kappa shape index (κ1) is 19.6. The van der Waals surface area contributed by atoms with Crippen LogP contribution in [-0.2, 0) is 6.54 Å². The zero-order valence-corrected chi connectivity index (χ0v) is 16.4. The maximum Gasteiger partial charge on any atom is 0.275 e. The number of nitrogens with zero attached hydrogens (tertiary/aromatic N) is 4. The second kappa shape index (κ2) is 9.71. The Hall–Kier alpha value is -2.12. The zero-order chi connectivity index (χ0) is 19.1. The molecule has 1 fully saturated rings. The number of carbonyl (C=O) groups excluding carboxylic acids is 1. The monoisotopic (exact) mass is 391 g/mol. The van der Waals surface area contributed by atoms with E-state index in [2.05, 4.69) is 15.6 Å². The molecule has 0 aliphatic carbocycles. The molecule has 1 atom stereocenters. The molecule has 0 saturated carbocycles. The number of benzene rings is 1. The molecule has 0 unspecified atom stereocenters. The number of amides is 1. The van der Waals surface area contributed by atoms with Gasteiger partial charge in [-0.2, -0.15) is 0 Å². The third-order valence-electron chi connectivity index (χ3n) is 4.67. The highest BCUT2D eigenvalue weighted by Gasteiger charge is 2.18. The van der Waals surface area contributed by atoms with Gasteiger partial charge in [0.2, 0.25) is 0 Å². The fourth-order valence-corrected chi connectivity index (χ4v) is 3.28. The standard InChI is InChI=1S/C19H26ClN5O2/c1-24(10-3-11-27-17-7-5-16(20)6-8-17)19(26)18-14-25(23-22-18)13-15-4-2-9-21-12-15/h5-8,14-15,21H,2-4,9-13H2,1H3/t15-/m0/s1. The van der Waals surface area contributed by atoms with Crippen molar-refractivity contribution < 1.29 is 9.53 Å². The second-order valence-electron chi connectivity index (χ2n) is 6.92. The summed E-state index contributed by atoms with van der Waals surface area (Å²) in [5.74, 6) is 1.20. The van der Waals surface area contributed by atoms with Gasteiger partial charge in [0.25, 0.3) is 5.91 Å². The minimum absolute atomic E-state index is 0.116. The Bertz CT molecular complexity index is 728. The summed E-state index contributed by atoms with van der Waals surface area (Å²) >= 11 is 5.85. The molecule has 1 amide bonds. The van der Waals surface area contributed by atoms with Crippen molar-refractivity contribution in [2.45, 2.75) is 25.8 Å². The van der Waals surface area contributed by atoms with Crippen LogP contribution >= 0.6 is 11.6 Å². The van der Waals surface area contributed by atoms with Crippen molar-refractivity contribution in [1.82, 2.24) is 25.2 Å². The van der Waals surface area contributed by atoms with Crippen molar-refractivity contribution >= 4 is 17.5 Å².